The summed E-state index contributed by atoms with van der Waals surface area (Å²) >= 11 is 0. The molecule has 0 unspecified atom stereocenters. The molecule has 0 aliphatic heterocycles. The van der Waals surface area contributed by atoms with Crippen molar-refractivity contribution >= 4 is 43.3 Å². The largest absolute Gasteiger partial charge is 2.00 e. The third-order valence-corrected chi connectivity index (χ3v) is 10.5. The summed E-state index contributed by atoms with van der Waals surface area (Å²) in [6.45, 7) is 4.48. The maximum atomic E-state index is 11.2. The first-order valence-electron chi connectivity index (χ1n) is 18.2. The molecule has 2 aromatic carbocycles. The molecule has 0 aliphatic rings. The van der Waals surface area contributed by atoms with Gasteiger partial charge in [0.15, 0.2) is 0 Å². The number of unbranched alkanes of at least 4 members (excludes halogenated alkanes) is 20. The van der Waals surface area contributed by atoms with Gasteiger partial charge in [-0.25, -0.2) is 16.8 Å². The van der Waals surface area contributed by atoms with Crippen LogP contribution in [0.2, 0.25) is 0 Å². The molecule has 47 heavy (non-hydrogen) atoms. The molecule has 0 atom stereocenters. The van der Waals surface area contributed by atoms with Gasteiger partial charge in [-0.15, -0.1) is 0 Å². The van der Waals surface area contributed by atoms with E-state index in [4.69, 9.17) is 0 Å². The number of hydrogen-bond donors (Lipinski definition) is 0. The smallest absolute Gasteiger partial charge is 0.744 e. The second-order valence-corrected chi connectivity index (χ2v) is 15.4. The Morgan fingerprint density at radius 1 is 0.404 bits per heavy atom. The van der Waals surface area contributed by atoms with Crippen molar-refractivity contribution in [3.63, 3.8) is 0 Å². The number of benzene rings is 2. The maximum absolute atomic E-state index is 11.2. The fourth-order valence-electron chi connectivity index (χ4n) is 5.87. The molecule has 0 saturated heterocycles. The van der Waals surface area contributed by atoms with Crippen molar-refractivity contribution < 1.29 is 25.9 Å². The zero-order valence-corrected chi connectivity index (χ0v) is 32.6. The Bertz CT molecular complexity index is 1150. The van der Waals surface area contributed by atoms with Gasteiger partial charge in [0.2, 0.25) is 0 Å². The van der Waals surface area contributed by atoms with E-state index >= 15 is 0 Å². The molecule has 0 aliphatic carbocycles. The summed E-state index contributed by atoms with van der Waals surface area (Å²) in [6, 6.07) is 13.1. The van der Waals surface area contributed by atoms with Crippen molar-refractivity contribution in [3.05, 3.63) is 59.7 Å². The van der Waals surface area contributed by atoms with E-state index in [0.717, 1.165) is 25.7 Å². The molecule has 0 amide bonds. The van der Waals surface area contributed by atoms with E-state index in [1.807, 2.05) is 0 Å². The number of hydrogen-bond acceptors (Lipinski definition) is 6. The maximum Gasteiger partial charge on any atom is 2.00 e. The van der Waals surface area contributed by atoms with Crippen LogP contribution in [-0.4, -0.2) is 49.0 Å². The molecule has 0 heterocycles. The first-order valence-corrected chi connectivity index (χ1v) is 21.0. The van der Waals surface area contributed by atoms with Crippen LogP contribution < -0.4 is 0 Å². The van der Waals surface area contributed by atoms with Crippen LogP contribution in [0, 0.1) is 0 Å². The minimum Gasteiger partial charge on any atom is -0.744 e. The molecule has 0 saturated carbocycles. The first-order chi connectivity index (χ1) is 22.1. The summed E-state index contributed by atoms with van der Waals surface area (Å²) in [5.74, 6) is 0. The summed E-state index contributed by atoms with van der Waals surface area (Å²) in [5, 5.41) is 0. The van der Waals surface area contributed by atoms with E-state index in [0.29, 0.717) is 24.0 Å². The van der Waals surface area contributed by atoms with Crippen LogP contribution in [0.5, 0.6) is 0 Å². The van der Waals surface area contributed by atoms with Gasteiger partial charge in [0.1, 0.15) is 20.2 Å². The molecule has 264 valence electrons. The zero-order chi connectivity index (χ0) is 33.9. The number of aryl methyl sites for hydroxylation is 2. The summed E-state index contributed by atoms with van der Waals surface area (Å²) in [5.41, 5.74) is 1.33. The van der Waals surface area contributed by atoms with Crippen LogP contribution in [0.1, 0.15) is 166 Å². The quantitative estimate of drug-likeness (QED) is 0.0547. The molecule has 9 heteroatoms. The van der Waals surface area contributed by atoms with Crippen molar-refractivity contribution in [2.24, 2.45) is 0 Å². The van der Waals surface area contributed by atoms with Crippen LogP contribution in [0.15, 0.2) is 58.3 Å². The predicted molar refractivity (Wildman–Crippen MR) is 195 cm³/mol. The van der Waals surface area contributed by atoms with Crippen molar-refractivity contribution in [1.29, 1.82) is 0 Å². The van der Waals surface area contributed by atoms with Crippen LogP contribution in [0.4, 0.5) is 0 Å². The van der Waals surface area contributed by atoms with Gasteiger partial charge in [0, 0.05) is 0 Å². The van der Waals surface area contributed by atoms with Crippen molar-refractivity contribution in [2.45, 2.75) is 178 Å². The Morgan fingerprint density at radius 3 is 0.894 bits per heavy atom. The molecule has 0 bridgehead atoms. The summed E-state index contributed by atoms with van der Waals surface area (Å²) < 4.78 is 67.2. The summed E-state index contributed by atoms with van der Waals surface area (Å²) in [7, 11) is -8.70. The predicted octanol–water partition coefficient (Wildman–Crippen LogP) is 10.5. The standard InChI is InChI=1S/2C19H32O3S.Mg/c2*1-2-3-4-5-6-7-8-9-10-11-12-15-18-16-13-14-17-19(18)23(20,21)22;/h2*13-14,16-17H,2-12,15H2,1H3,(H,20,21,22);/q;;+2/p-2. The van der Waals surface area contributed by atoms with Crippen molar-refractivity contribution in [1.82, 2.24) is 0 Å². The van der Waals surface area contributed by atoms with Gasteiger partial charge >= 0.3 is 23.1 Å². The molecule has 0 N–H and O–H groups in total. The SMILES string of the molecule is CCCCCCCCCCCCCc1ccccc1S(=O)(=O)[O-].CCCCCCCCCCCCCc1ccccc1S(=O)(=O)[O-].[Mg+2]. The Kier molecular flexibility index (Phi) is 28.2. The van der Waals surface area contributed by atoms with E-state index in [1.54, 1.807) is 36.4 Å². The fraction of sp³-hybridized carbons (Fsp3) is 0.684. The van der Waals surface area contributed by atoms with E-state index in [9.17, 15) is 25.9 Å². The Morgan fingerprint density at radius 2 is 0.638 bits per heavy atom. The van der Waals surface area contributed by atoms with Crippen molar-refractivity contribution in [2.75, 3.05) is 0 Å². The molecule has 2 aromatic rings. The van der Waals surface area contributed by atoms with Gasteiger partial charge in [0.25, 0.3) is 0 Å². The topological polar surface area (TPSA) is 114 Å². The minimum absolute atomic E-state index is 0. The molecule has 0 spiro atoms. The molecule has 0 radical (unpaired) electrons. The fourth-order valence-corrected chi connectivity index (χ4v) is 7.34. The van der Waals surface area contributed by atoms with Gasteiger partial charge in [-0.1, -0.05) is 179 Å². The second kappa shape index (κ2) is 28.8. The average Bonchev–Trinajstić information content (AvgIpc) is 3.02. The van der Waals surface area contributed by atoms with Gasteiger partial charge < -0.3 is 9.11 Å². The molecule has 6 nitrogen and oxygen atoms in total. The zero-order valence-electron chi connectivity index (χ0n) is 29.6. The molecular weight excluding hydrogens is 641 g/mol. The van der Waals surface area contributed by atoms with E-state index < -0.39 is 20.2 Å². The summed E-state index contributed by atoms with van der Waals surface area (Å²) in [4.78, 5) is -0.0980. The Hall–Kier alpha value is -0.974. The molecule has 2 rings (SSSR count). The molecule has 0 aromatic heterocycles. The van der Waals surface area contributed by atoms with Gasteiger partial charge in [0.05, 0.1) is 9.79 Å². The van der Waals surface area contributed by atoms with Crippen LogP contribution in [0.3, 0.4) is 0 Å². The minimum atomic E-state index is -4.35. The van der Waals surface area contributed by atoms with E-state index in [1.165, 1.54) is 128 Å². The Labute approximate surface area is 305 Å². The third kappa shape index (κ3) is 23.9. The molecule has 0 fully saturated rings. The third-order valence-electron chi connectivity index (χ3n) is 8.58. The van der Waals surface area contributed by atoms with Crippen LogP contribution in [0.25, 0.3) is 0 Å². The number of rotatable bonds is 26. The van der Waals surface area contributed by atoms with Crippen LogP contribution >= 0.6 is 0 Å². The van der Waals surface area contributed by atoms with Gasteiger partial charge in [-0.05, 0) is 48.9 Å². The summed E-state index contributed by atoms with van der Waals surface area (Å²) in [6.07, 6.45) is 29.2. The van der Waals surface area contributed by atoms with E-state index in [2.05, 4.69) is 13.8 Å². The second-order valence-electron chi connectivity index (χ2n) is 12.7. The van der Waals surface area contributed by atoms with Crippen LogP contribution in [-0.2, 0) is 33.1 Å². The first kappa shape index (κ1) is 46.0. The Balaban J connectivity index is 0.000000882. The monoisotopic (exact) mass is 702 g/mol. The van der Waals surface area contributed by atoms with E-state index in [-0.39, 0.29) is 32.8 Å². The average molecular weight is 703 g/mol. The van der Waals surface area contributed by atoms with Gasteiger partial charge in [-0.2, -0.15) is 0 Å². The normalized spacial score (nSPS) is 11.5. The molecular formula is C38H62MgO6S2. The van der Waals surface area contributed by atoms with Gasteiger partial charge in [-0.3, -0.25) is 0 Å². The van der Waals surface area contributed by atoms with Crippen molar-refractivity contribution in [3.8, 4) is 0 Å².